The zero-order valence-electron chi connectivity index (χ0n) is 11.6. The molecule has 0 saturated carbocycles. The molecular formula is C16H16Cl2O3. The lowest BCUT2D eigenvalue weighted by atomic mass is 10.1. The van der Waals surface area contributed by atoms with Crippen LogP contribution in [-0.2, 0) is 13.2 Å². The fraction of sp³-hybridized carbons (Fsp3) is 0.250. The monoisotopic (exact) mass is 326 g/mol. The van der Waals surface area contributed by atoms with E-state index in [0.29, 0.717) is 34.8 Å². The minimum absolute atomic E-state index is 0.0460. The molecule has 0 amide bonds. The molecule has 3 nitrogen and oxygen atoms in total. The van der Waals surface area contributed by atoms with Gasteiger partial charge in [0, 0.05) is 5.02 Å². The first-order valence-electron chi connectivity index (χ1n) is 6.56. The summed E-state index contributed by atoms with van der Waals surface area (Å²) in [5.74, 6) is 1.28. The first-order valence-corrected chi connectivity index (χ1v) is 7.32. The molecule has 0 aliphatic rings. The fourth-order valence-corrected chi connectivity index (χ4v) is 2.37. The van der Waals surface area contributed by atoms with Crippen molar-refractivity contribution in [1.29, 1.82) is 0 Å². The number of aliphatic hydroxyl groups excluding tert-OH is 1. The van der Waals surface area contributed by atoms with Gasteiger partial charge in [-0.1, -0.05) is 23.2 Å². The molecule has 0 atom stereocenters. The van der Waals surface area contributed by atoms with E-state index >= 15 is 0 Å². The molecule has 0 bridgehead atoms. The van der Waals surface area contributed by atoms with Gasteiger partial charge < -0.3 is 14.6 Å². The van der Waals surface area contributed by atoms with Crippen molar-refractivity contribution in [2.45, 2.75) is 20.1 Å². The van der Waals surface area contributed by atoms with E-state index in [1.54, 1.807) is 18.2 Å². The van der Waals surface area contributed by atoms with Crippen LogP contribution in [0.3, 0.4) is 0 Å². The topological polar surface area (TPSA) is 38.7 Å². The second kappa shape index (κ2) is 7.55. The van der Waals surface area contributed by atoms with Gasteiger partial charge in [-0.2, -0.15) is 0 Å². The molecule has 0 radical (unpaired) electrons. The maximum atomic E-state index is 9.28. The lowest BCUT2D eigenvalue weighted by molar-refractivity contribution is 0.277. The highest BCUT2D eigenvalue weighted by Gasteiger charge is 2.05. The summed E-state index contributed by atoms with van der Waals surface area (Å²) >= 11 is 11.9. The second-order valence-corrected chi connectivity index (χ2v) is 5.28. The van der Waals surface area contributed by atoms with Crippen LogP contribution < -0.4 is 9.47 Å². The van der Waals surface area contributed by atoms with Crippen LogP contribution in [0.1, 0.15) is 18.1 Å². The molecule has 0 saturated heterocycles. The predicted molar refractivity (Wildman–Crippen MR) is 84.3 cm³/mol. The third kappa shape index (κ3) is 4.53. The van der Waals surface area contributed by atoms with Crippen LogP contribution in [0.25, 0.3) is 0 Å². The molecule has 0 aromatic heterocycles. The molecule has 21 heavy (non-hydrogen) atoms. The molecular weight excluding hydrogens is 311 g/mol. The van der Waals surface area contributed by atoms with E-state index in [1.807, 2.05) is 25.1 Å². The smallest absolute Gasteiger partial charge is 0.138 e. The van der Waals surface area contributed by atoms with Crippen LogP contribution in [0.15, 0.2) is 36.4 Å². The molecule has 5 heteroatoms. The molecule has 0 aliphatic carbocycles. The van der Waals surface area contributed by atoms with Gasteiger partial charge in [-0.25, -0.2) is 0 Å². The number of benzene rings is 2. The summed E-state index contributed by atoms with van der Waals surface area (Å²) < 4.78 is 11.2. The van der Waals surface area contributed by atoms with Crippen molar-refractivity contribution >= 4 is 23.2 Å². The zero-order valence-corrected chi connectivity index (χ0v) is 13.1. The van der Waals surface area contributed by atoms with Gasteiger partial charge in [-0.05, 0) is 54.4 Å². The van der Waals surface area contributed by atoms with Crippen LogP contribution in [0.2, 0.25) is 10.0 Å². The average Bonchev–Trinajstić information content (AvgIpc) is 2.46. The van der Waals surface area contributed by atoms with Gasteiger partial charge in [0.25, 0.3) is 0 Å². The third-order valence-corrected chi connectivity index (χ3v) is 3.34. The van der Waals surface area contributed by atoms with E-state index in [4.69, 9.17) is 32.7 Å². The normalized spacial score (nSPS) is 10.5. The number of rotatable bonds is 6. The molecule has 0 unspecified atom stereocenters. The van der Waals surface area contributed by atoms with Gasteiger partial charge in [-0.15, -0.1) is 0 Å². The summed E-state index contributed by atoms with van der Waals surface area (Å²) in [6, 6.07) is 10.6. The highest BCUT2D eigenvalue weighted by Crippen LogP contribution is 2.28. The van der Waals surface area contributed by atoms with Crippen LogP contribution in [0, 0.1) is 0 Å². The number of ether oxygens (including phenoxy) is 2. The minimum atomic E-state index is -0.0460. The Bertz CT molecular complexity index is 614. The van der Waals surface area contributed by atoms with Gasteiger partial charge in [0.2, 0.25) is 0 Å². The Balaban J connectivity index is 2.13. The van der Waals surface area contributed by atoms with E-state index in [-0.39, 0.29) is 6.61 Å². The standard InChI is InChI=1S/C16H16Cl2O3/c1-2-20-14-6-11(9-19)5-12(7-14)10-21-16-4-3-13(17)8-15(16)18/h3-8,19H,2,9-10H2,1H3. The highest BCUT2D eigenvalue weighted by atomic mass is 35.5. The van der Waals surface area contributed by atoms with Crippen LogP contribution in [0.5, 0.6) is 11.5 Å². The first kappa shape index (κ1) is 16.0. The zero-order chi connectivity index (χ0) is 15.2. The molecule has 2 aromatic carbocycles. The van der Waals surface area contributed by atoms with Crippen LogP contribution >= 0.6 is 23.2 Å². The van der Waals surface area contributed by atoms with E-state index in [0.717, 1.165) is 11.1 Å². The summed E-state index contributed by atoms with van der Waals surface area (Å²) in [6.45, 7) is 2.76. The number of hydrogen-bond acceptors (Lipinski definition) is 3. The van der Waals surface area contributed by atoms with Crippen molar-refractivity contribution in [2.24, 2.45) is 0 Å². The van der Waals surface area contributed by atoms with Gasteiger partial charge in [0.15, 0.2) is 0 Å². The van der Waals surface area contributed by atoms with Crippen molar-refractivity contribution in [3.8, 4) is 11.5 Å². The summed E-state index contributed by atoms with van der Waals surface area (Å²) in [4.78, 5) is 0. The Morgan fingerprint density at radius 2 is 1.76 bits per heavy atom. The van der Waals surface area contributed by atoms with Gasteiger partial charge in [0.1, 0.15) is 18.1 Å². The quantitative estimate of drug-likeness (QED) is 0.851. The molecule has 2 rings (SSSR count). The van der Waals surface area contributed by atoms with Crippen molar-refractivity contribution in [3.05, 3.63) is 57.6 Å². The number of aliphatic hydroxyl groups is 1. The Labute approximate surface area is 134 Å². The Hall–Kier alpha value is -1.42. The minimum Gasteiger partial charge on any atom is -0.494 e. The fourth-order valence-electron chi connectivity index (χ4n) is 1.91. The van der Waals surface area contributed by atoms with Crippen LogP contribution in [0.4, 0.5) is 0 Å². The van der Waals surface area contributed by atoms with Crippen molar-refractivity contribution < 1.29 is 14.6 Å². The molecule has 0 heterocycles. The molecule has 0 fully saturated rings. The SMILES string of the molecule is CCOc1cc(CO)cc(COc2ccc(Cl)cc2Cl)c1. The summed E-state index contributed by atoms with van der Waals surface area (Å²) in [5, 5.41) is 10.3. The van der Waals surface area contributed by atoms with E-state index in [1.165, 1.54) is 0 Å². The number of hydrogen-bond donors (Lipinski definition) is 1. The van der Waals surface area contributed by atoms with Crippen molar-refractivity contribution in [1.82, 2.24) is 0 Å². The molecule has 0 spiro atoms. The third-order valence-electron chi connectivity index (χ3n) is 2.81. The van der Waals surface area contributed by atoms with E-state index < -0.39 is 0 Å². The largest absolute Gasteiger partial charge is 0.494 e. The molecule has 2 aromatic rings. The highest BCUT2D eigenvalue weighted by molar-refractivity contribution is 6.35. The Morgan fingerprint density at radius 3 is 2.43 bits per heavy atom. The Morgan fingerprint density at radius 1 is 1.00 bits per heavy atom. The van der Waals surface area contributed by atoms with E-state index in [2.05, 4.69) is 0 Å². The van der Waals surface area contributed by atoms with Gasteiger partial charge in [0.05, 0.1) is 18.2 Å². The Kier molecular flexibility index (Phi) is 5.74. The molecule has 1 N–H and O–H groups in total. The number of halogens is 2. The summed E-state index contributed by atoms with van der Waals surface area (Å²) in [5.41, 5.74) is 1.68. The second-order valence-electron chi connectivity index (χ2n) is 4.44. The first-order chi connectivity index (χ1) is 10.1. The maximum absolute atomic E-state index is 9.28. The van der Waals surface area contributed by atoms with Gasteiger partial charge in [-0.3, -0.25) is 0 Å². The van der Waals surface area contributed by atoms with Crippen molar-refractivity contribution in [3.63, 3.8) is 0 Å². The molecule has 0 aliphatic heterocycles. The van der Waals surface area contributed by atoms with Crippen molar-refractivity contribution in [2.75, 3.05) is 6.61 Å². The summed E-state index contributed by atoms with van der Waals surface area (Å²) in [7, 11) is 0. The summed E-state index contributed by atoms with van der Waals surface area (Å²) in [6.07, 6.45) is 0. The lowest BCUT2D eigenvalue weighted by Gasteiger charge is -2.11. The maximum Gasteiger partial charge on any atom is 0.138 e. The van der Waals surface area contributed by atoms with Crippen LogP contribution in [-0.4, -0.2) is 11.7 Å². The average molecular weight is 327 g/mol. The van der Waals surface area contributed by atoms with Gasteiger partial charge >= 0.3 is 0 Å². The molecule has 112 valence electrons. The predicted octanol–water partition coefficient (Wildman–Crippen LogP) is 4.46. The van der Waals surface area contributed by atoms with E-state index in [9.17, 15) is 5.11 Å². The lowest BCUT2D eigenvalue weighted by Crippen LogP contribution is -2.00.